The summed E-state index contributed by atoms with van der Waals surface area (Å²) >= 11 is 12.2. The number of aryl methyl sites for hydroxylation is 1. The Hall–Kier alpha value is -2.83. The van der Waals surface area contributed by atoms with E-state index in [1.165, 1.54) is 4.90 Å². The van der Waals surface area contributed by atoms with Crippen molar-refractivity contribution in [2.75, 3.05) is 18.4 Å². The minimum atomic E-state index is -0.313. The normalized spacial score (nSPS) is 11.4. The van der Waals surface area contributed by atoms with Gasteiger partial charge in [0.05, 0.1) is 11.4 Å². The average molecular weight is 515 g/mol. The van der Waals surface area contributed by atoms with Crippen molar-refractivity contribution in [1.29, 1.82) is 0 Å². The molecule has 6 nitrogen and oxygen atoms in total. The molecule has 0 radical (unpaired) electrons. The zero-order chi connectivity index (χ0) is 25.9. The summed E-state index contributed by atoms with van der Waals surface area (Å²) in [6, 6.07) is 12.6. The summed E-state index contributed by atoms with van der Waals surface area (Å²) in [6.45, 7) is 12.6. The molecule has 0 aliphatic carbocycles. The van der Waals surface area contributed by atoms with E-state index in [0.29, 0.717) is 34.4 Å². The smallest absolute Gasteiger partial charge is 0.254 e. The molecule has 0 spiro atoms. The first-order valence-corrected chi connectivity index (χ1v) is 12.4. The molecule has 186 valence electrons. The van der Waals surface area contributed by atoms with E-state index in [1.54, 1.807) is 22.9 Å². The van der Waals surface area contributed by atoms with Gasteiger partial charge in [0.2, 0.25) is 5.91 Å². The molecule has 0 saturated carbocycles. The van der Waals surface area contributed by atoms with Crippen molar-refractivity contribution in [2.45, 2.75) is 53.4 Å². The number of rotatable bonds is 7. The van der Waals surface area contributed by atoms with Crippen molar-refractivity contribution in [3.05, 3.63) is 74.9 Å². The van der Waals surface area contributed by atoms with Crippen LogP contribution < -0.4 is 5.32 Å². The highest BCUT2D eigenvalue weighted by molar-refractivity contribution is 6.35. The zero-order valence-corrected chi connectivity index (χ0v) is 22.6. The van der Waals surface area contributed by atoms with Gasteiger partial charge < -0.3 is 10.2 Å². The lowest BCUT2D eigenvalue weighted by Gasteiger charge is -2.22. The molecule has 1 N–H and O–H groups in total. The van der Waals surface area contributed by atoms with Crippen LogP contribution >= 0.6 is 23.2 Å². The second-order valence-electron chi connectivity index (χ2n) is 9.73. The molecule has 2 aromatic carbocycles. The predicted molar refractivity (Wildman–Crippen MR) is 143 cm³/mol. The first-order valence-electron chi connectivity index (χ1n) is 11.6. The van der Waals surface area contributed by atoms with Crippen LogP contribution in [0.15, 0.2) is 42.5 Å². The molecule has 3 aromatic rings. The van der Waals surface area contributed by atoms with Gasteiger partial charge in [0, 0.05) is 33.6 Å². The van der Waals surface area contributed by atoms with Crippen LogP contribution in [0.2, 0.25) is 10.0 Å². The number of benzene rings is 2. The van der Waals surface area contributed by atoms with Crippen LogP contribution in [0.25, 0.3) is 5.69 Å². The molecule has 0 unspecified atom stereocenters. The van der Waals surface area contributed by atoms with E-state index >= 15 is 0 Å². The molecule has 0 atom stereocenters. The topological polar surface area (TPSA) is 67.2 Å². The first kappa shape index (κ1) is 26.8. The molecule has 3 rings (SSSR count). The molecule has 0 saturated heterocycles. The summed E-state index contributed by atoms with van der Waals surface area (Å²) in [7, 11) is 0. The summed E-state index contributed by atoms with van der Waals surface area (Å²) in [5.41, 5.74) is 4.09. The average Bonchev–Trinajstić information content (AvgIpc) is 3.18. The third-order valence-corrected chi connectivity index (χ3v) is 6.21. The van der Waals surface area contributed by atoms with Gasteiger partial charge >= 0.3 is 0 Å². The van der Waals surface area contributed by atoms with Gasteiger partial charge in [-0.05, 0) is 55.7 Å². The number of amides is 2. The van der Waals surface area contributed by atoms with Crippen molar-refractivity contribution in [3.63, 3.8) is 0 Å². The fraction of sp³-hybridized carbons (Fsp3) is 0.370. The van der Waals surface area contributed by atoms with E-state index in [4.69, 9.17) is 28.3 Å². The Balaban J connectivity index is 1.91. The lowest BCUT2D eigenvalue weighted by atomic mass is 9.92. The van der Waals surface area contributed by atoms with Gasteiger partial charge in [-0.3, -0.25) is 9.59 Å². The third-order valence-electron chi connectivity index (χ3n) is 5.77. The summed E-state index contributed by atoms with van der Waals surface area (Å²) in [6.07, 6.45) is 0.696. The molecule has 0 aliphatic heterocycles. The Morgan fingerprint density at radius 1 is 1.06 bits per heavy atom. The monoisotopic (exact) mass is 514 g/mol. The summed E-state index contributed by atoms with van der Waals surface area (Å²) in [5.74, 6) is -0.0556. The zero-order valence-electron chi connectivity index (χ0n) is 21.1. The van der Waals surface area contributed by atoms with Gasteiger partial charge in [-0.1, -0.05) is 63.0 Å². The highest BCUT2D eigenvalue weighted by Crippen LogP contribution is 2.28. The predicted octanol–water partition coefficient (Wildman–Crippen LogP) is 6.58. The fourth-order valence-corrected chi connectivity index (χ4v) is 4.25. The van der Waals surface area contributed by atoms with E-state index in [2.05, 4.69) is 26.1 Å². The number of carbonyl (C=O) groups is 2. The van der Waals surface area contributed by atoms with Crippen molar-refractivity contribution in [1.82, 2.24) is 14.7 Å². The number of carbonyl (C=O) groups excluding carboxylic acids is 2. The lowest BCUT2D eigenvalue weighted by molar-refractivity contribution is -0.116. The molecule has 0 aliphatic rings. The Labute approximate surface area is 217 Å². The highest BCUT2D eigenvalue weighted by atomic mass is 35.5. The highest BCUT2D eigenvalue weighted by Gasteiger charge is 2.24. The molecule has 8 heteroatoms. The summed E-state index contributed by atoms with van der Waals surface area (Å²) in [4.78, 5) is 27.8. The molecular weight excluding hydrogens is 483 g/mol. The lowest BCUT2D eigenvalue weighted by Crippen LogP contribution is -2.38. The SMILES string of the molecule is CCCN(CC(=O)Nc1cc(C(C)(C)C)nn1-c1cccc(C)c1C)C(=O)c1cc(Cl)cc(Cl)c1. The van der Waals surface area contributed by atoms with E-state index in [1.807, 2.05) is 45.0 Å². The molecular formula is C27H32Cl2N4O2. The van der Waals surface area contributed by atoms with E-state index in [-0.39, 0.29) is 23.8 Å². The van der Waals surface area contributed by atoms with Gasteiger partial charge in [-0.25, -0.2) is 4.68 Å². The van der Waals surface area contributed by atoms with Crippen molar-refractivity contribution >= 4 is 40.8 Å². The number of hydrogen-bond acceptors (Lipinski definition) is 3. The van der Waals surface area contributed by atoms with Crippen molar-refractivity contribution in [3.8, 4) is 5.69 Å². The van der Waals surface area contributed by atoms with Crippen LogP contribution in [0, 0.1) is 13.8 Å². The van der Waals surface area contributed by atoms with Gasteiger partial charge in [-0.2, -0.15) is 5.10 Å². The number of nitrogens with zero attached hydrogens (tertiary/aromatic N) is 3. The van der Waals surface area contributed by atoms with Gasteiger partial charge in [0.25, 0.3) is 5.91 Å². The number of halogens is 2. The third kappa shape index (κ3) is 6.44. The Morgan fingerprint density at radius 2 is 1.71 bits per heavy atom. The number of anilines is 1. The second-order valence-corrected chi connectivity index (χ2v) is 10.6. The first-order chi connectivity index (χ1) is 16.4. The Bertz CT molecular complexity index is 1220. The Kier molecular flexibility index (Phi) is 8.29. The van der Waals surface area contributed by atoms with Crippen LogP contribution in [0.1, 0.15) is 61.3 Å². The molecule has 0 bridgehead atoms. The molecule has 1 heterocycles. The van der Waals surface area contributed by atoms with Crippen LogP contribution in [-0.2, 0) is 10.2 Å². The standard InChI is InChI=1S/C27H32Cl2N4O2/c1-7-11-32(26(35)19-12-20(28)14-21(29)13-19)16-25(34)30-24-15-23(27(4,5)6)31-33(24)22-10-8-9-17(2)18(22)3/h8-10,12-15H,7,11,16H2,1-6H3,(H,30,34). The maximum atomic E-state index is 13.2. The van der Waals surface area contributed by atoms with Gasteiger partial charge in [0.1, 0.15) is 12.4 Å². The van der Waals surface area contributed by atoms with E-state index in [9.17, 15) is 9.59 Å². The van der Waals surface area contributed by atoms with E-state index in [0.717, 1.165) is 22.5 Å². The maximum Gasteiger partial charge on any atom is 0.254 e. The maximum absolute atomic E-state index is 13.2. The van der Waals surface area contributed by atoms with Crippen molar-refractivity contribution in [2.24, 2.45) is 0 Å². The van der Waals surface area contributed by atoms with Crippen LogP contribution in [0.4, 0.5) is 5.82 Å². The summed E-state index contributed by atoms with van der Waals surface area (Å²) in [5, 5.41) is 8.54. The quantitative estimate of drug-likeness (QED) is 0.386. The van der Waals surface area contributed by atoms with Crippen molar-refractivity contribution < 1.29 is 9.59 Å². The van der Waals surface area contributed by atoms with E-state index < -0.39 is 0 Å². The Morgan fingerprint density at radius 3 is 2.31 bits per heavy atom. The largest absolute Gasteiger partial charge is 0.329 e. The minimum absolute atomic E-state index is 0.111. The summed E-state index contributed by atoms with van der Waals surface area (Å²) < 4.78 is 1.77. The van der Waals surface area contributed by atoms with Gasteiger partial charge in [-0.15, -0.1) is 0 Å². The van der Waals surface area contributed by atoms with Crippen LogP contribution in [0.3, 0.4) is 0 Å². The van der Waals surface area contributed by atoms with Gasteiger partial charge in [0.15, 0.2) is 0 Å². The number of nitrogens with one attached hydrogen (secondary N) is 1. The number of aromatic nitrogens is 2. The van der Waals surface area contributed by atoms with Crippen LogP contribution in [-0.4, -0.2) is 39.6 Å². The second kappa shape index (κ2) is 10.8. The number of hydrogen-bond donors (Lipinski definition) is 1. The molecule has 35 heavy (non-hydrogen) atoms. The fourth-order valence-electron chi connectivity index (χ4n) is 3.72. The minimum Gasteiger partial charge on any atom is -0.329 e. The molecule has 2 amide bonds. The van der Waals surface area contributed by atoms with Crippen LogP contribution in [0.5, 0.6) is 0 Å². The molecule has 1 aromatic heterocycles. The molecule has 0 fully saturated rings.